The molecule has 0 aliphatic heterocycles. The summed E-state index contributed by atoms with van der Waals surface area (Å²) in [6, 6.07) is 18.0. The molecule has 0 N–H and O–H groups in total. The Hall–Kier alpha value is -2.90. The van der Waals surface area contributed by atoms with Gasteiger partial charge in [0, 0.05) is 30.9 Å². The van der Waals surface area contributed by atoms with E-state index in [9.17, 15) is 13.2 Å². The Kier molecular flexibility index (Phi) is 6.20. The number of anilines is 1. The van der Waals surface area contributed by atoms with Crippen molar-refractivity contribution in [3.63, 3.8) is 0 Å². The van der Waals surface area contributed by atoms with E-state index in [0.29, 0.717) is 17.3 Å². The molecule has 0 unspecified atom stereocenters. The highest BCUT2D eigenvalue weighted by molar-refractivity contribution is 7.92. The molecule has 3 aromatic rings. The molecule has 1 heterocycles. The molecular formula is C21H20ClN3O3S. The Morgan fingerprint density at radius 2 is 1.76 bits per heavy atom. The minimum atomic E-state index is -3.86. The number of carbonyl (C=O) groups excluding carboxylic acids is 1. The molecule has 0 radical (unpaired) electrons. The minimum Gasteiger partial charge on any atom is -0.336 e. The summed E-state index contributed by atoms with van der Waals surface area (Å²) in [5.74, 6) is -0.293. The Morgan fingerprint density at radius 3 is 2.45 bits per heavy atom. The number of amides is 1. The average molecular weight is 430 g/mol. The summed E-state index contributed by atoms with van der Waals surface area (Å²) in [6.07, 6.45) is 1.66. The van der Waals surface area contributed by atoms with Crippen molar-refractivity contribution in [1.29, 1.82) is 0 Å². The van der Waals surface area contributed by atoms with Gasteiger partial charge in [-0.15, -0.1) is 0 Å². The van der Waals surface area contributed by atoms with E-state index in [4.69, 9.17) is 11.6 Å². The fraction of sp³-hybridized carbons (Fsp3) is 0.143. The molecule has 0 aliphatic carbocycles. The van der Waals surface area contributed by atoms with Crippen molar-refractivity contribution in [1.82, 2.24) is 9.88 Å². The number of rotatable bonds is 6. The molecule has 0 bridgehead atoms. The number of carbonyl (C=O) groups is 1. The number of hydrogen-bond acceptors (Lipinski definition) is 4. The third kappa shape index (κ3) is 4.75. The van der Waals surface area contributed by atoms with Crippen LogP contribution in [-0.2, 0) is 16.6 Å². The Balaban J connectivity index is 1.85. The first-order chi connectivity index (χ1) is 13.8. The molecule has 1 aromatic heterocycles. The largest absolute Gasteiger partial charge is 0.336 e. The van der Waals surface area contributed by atoms with Gasteiger partial charge in [0.25, 0.3) is 15.9 Å². The van der Waals surface area contributed by atoms with E-state index in [1.54, 1.807) is 55.7 Å². The van der Waals surface area contributed by atoms with Gasteiger partial charge in [-0.05, 0) is 48.5 Å². The lowest BCUT2D eigenvalue weighted by atomic mass is 10.2. The molecule has 6 nitrogen and oxygen atoms in total. The van der Waals surface area contributed by atoms with Crippen LogP contribution in [0.25, 0.3) is 0 Å². The Labute approximate surface area is 175 Å². The smallest absolute Gasteiger partial charge is 0.264 e. The lowest BCUT2D eigenvalue weighted by Gasteiger charge is -2.21. The van der Waals surface area contributed by atoms with E-state index < -0.39 is 10.0 Å². The zero-order valence-corrected chi connectivity index (χ0v) is 17.6. The first-order valence-corrected chi connectivity index (χ1v) is 10.6. The Morgan fingerprint density at radius 1 is 1.00 bits per heavy atom. The van der Waals surface area contributed by atoms with Gasteiger partial charge in [0.05, 0.1) is 22.8 Å². The molecule has 0 saturated carbocycles. The minimum absolute atomic E-state index is 0.0251. The van der Waals surface area contributed by atoms with Crippen LogP contribution >= 0.6 is 11.6 Å². The molecule has 1 amide bonds. The first-order valence-electron chi connectivity index (χ1n) is 8.79. The predicted molar refractivity (Wildman–Crippen MR) is 114 cm³/mol. The molecule has 2 aromatic carbocycles. The van der Waals surface area contributed by atoms with Gasteiger partial charge in [-0.25, -0.2) is 8.42 Å². The van der Waals surface area contributed by atoms with E-state index >= 15 is 0 Å². The van der Waals surface area contributed by atoms with Crippen LogP contribution in [0.4, 0.5) is 5.69 Å². The SMILES string of the molecule is CN(Cc1ccccn1)C(=O)c1cccc(S(=O)(=O)N(C)c2cccc(Cl)c2)c1. The van der Waals surface area contributed by atoms with Crippen LogP contribution in [0.2, 0.25) is 5.02 Å². The molecule has 3 rings (SSSR count). The number of sulfonamides is 1. The van der Waals surface area contributed by atoms with Gasteiger partial charge < -0.3 is 4.90 Å². The summed E-state index contributed by atoms with van der Waals surface area (Å²) < 4.78 is 27.2. The molecule has 29 heavy (non-hydrogen) atoms. The van der Waals surface area contributed by atoms with Crippen molar-refractivity contribution in [3.8, 4) is 0 Å². The molecule has 0 atom stereocenters. The van der Waals surface area contributed by atoms with Crippen molar-refractivity contribution in [2.75, 3.05) is 18.4 Å². The zero-order chi connectivity index (χ0) is 21.0. The van der Waals surface area contributed by atoms with Crippen LogP contribution in [-0.4, -0.2) is 38.3 Å². The van der Waals surface area contributed by atoms with E-state index in [2.05, 4.69) is 4.98 Å². The zero-order valence-electron chi connectivity index (χ0n) is 16.0. The molecule has 150 valence electrons. The highest BCUT2D eigenvalue weighted by atomic mass is 35.5. The monoisotopic (exact) mass is 429 g/mol. The molecular weight excluding hydrogens is 410 g/mol. The predicted octanol–water partition coefficient (Wildman–Crippen LogP) is 3.83. The summed E-state index contributed by atoms with van der Waals surface area (Å²) in [7, 11) is -0.762. The summed E-state index contributed by atoms with van der Waals surface area (Å²) in [6.45, 7) is 0.319. The van der Waals surface area contributed by atoms with Crippen LogP contribution in [0, 0.1) is 0 Å². The fourth-order valence-corrected chi connectivity index (χ4v) is 4.20. The van der Waals surface area contributed by atoms with Gasteiger partial charge in [0.2, 0.25) is 0 Å². The summed E-state index contributed by atoms with van der Waals surface area (Å²) in [5.41, 5.74) is 1.46. The molecule has 0 saturated heterocycles. The quantitative estimate of drug-likeness (QED) is 0.597. The van der Waals surface area contributed by atoms with E-state index in [-0.39, 0.29) is 16.4 Å². The third-order valence-electron chi connectivity index (χ3n) is 4.38. The summed E-state index contributed by atoms with van der Waals surface area (Å²) in [5, 5.41) is 0.435. The van der Waals surface area contributed by atoms with Gasteiger partial charge in [-0.1, -0.05) is 29.8 Å². The Bertz CT molecular complexity index is 1120. The average Bonchev–Trinajstić information content (AvgIpc) is 2.73. The van der Waals surface area contributed by atoms with Crippen molar-refractivity contribution in [2.45, 2.75) is 11.4 Å². The maximum Gasteiger partial charge on any atom is 0.264 e. The van der Waals surface area contributed by atoms with Crippen molar-refractivity contribution >= 4 is 33.2 Å². The number of halogens is 1. The highest BCUT2D eigenvalue weighted by Gasteiger charge is 2.23. The van der Waals surface area contributed by atoms with E-state index in [1.807, 2.05) is 12.1 Å². The number of pyridine rings is 1. The third-order valence-corrected chi connectivity index (χ3v) is 6.40. The van der Waals surface area contributed by atoms with Gasteiger partial charge in [0.1, 0.15) is 0 Å². The lowest BCUT2D eigenvalue weighted by Crippen LogP contribution is -2.28. The number of nitrogens with zero attached hydrogens (tertiary/aromatic N) is 3. The van der Waals surface area contributed by atoms with Gasteiger partial charge in [-0.2, -0.15) is 0 Å². The molecule has 0 aliphatic rings. The van der Waals surface area contributed by atoms with Crippen LogP contribution in [0.15, 0.2) is 77.8 Å². The lowest BCUT2D eigenvalue weighted by molar-refractivity contribution is 0.0783. The second-order valence-electron chi connectivity index (χ2n) is 6.46. The van der Waals surface area contributed by atoms with Gasteiger partial charge in [-0.3, -0.25) is 14.1 Å². The van der Waals surface area contributed by atoms with Crippen molar-refractivity contribution in [2.24, 2.45) is 0 Å². The van der Waals surface area contributed by atoms with Crippen molar-refractivity contribution in [3.05, 3.63) is 89.2 Å². The van der Waals surface area contributed by atoms with Gasteiger partial charge in [0.15, 0.2) is 0 Å². The number of hydrogen-bond donors (Lipinski definition) is 0. The first kappa shape index (κ1) is 20.8. The van der Waals surface area contributed by atoms with Crippen LogP contribution in [0.5, 0.6) is 0 Å². The van der Waals surface area contributed by atoms with E-state index in [0.717, 1.165) is 10.00 Å². The molecule has 0 fully saturated rings. The number of aromatic nitrogens is 1. The molecule has 0 spiro atoms. The van der Waals surface area contributed by atoms with Crippen LogP contribution in [0.1, 0.15) is 16.1 Å². The summed E-state index contributed by atoms with van der Waals surface area (Å²) >= 11 is 5.98. The maximum absolute atomic E-state index is 13.0. The summed E-state index contributed by atoms with van der Waals surface area (Å²) in [4.78, 5) is 18.5. The van der Waals surface area contributed by atoms with E-state index in [1.165, 1.54) is 24.1 Å². The van der Waals surface area contributed by atoms with Crippen LogP contribution < -0.4 is 4.31 Å². The van der Waals surface area contributed by atoms with Crippen LogP contribution in [0.3, 0.4) is 0 Å². The van der Waals surface area contributed by atoms with Crippen molar-refractivity contribution < 1.29 is 13.2 Å². The van der Waals surface area contributed by atoms with Gasteiger partial charge >= 0.3 is 0 Å². The second-order valence-corrected chi connectivity index (χ2v) is 8.87. The second kappa shape index (κ2) is 8.63. The topological polar surface area (TPSA) is 70.6 Å². The normalized spacial score (nSPS) is 11.1. The highest BCUT2D eigenvalue weighted by Crippen LogP contribution is 2.25. The maximum atomic E-state index is 13.0. The molecule has 8 heteroatoms. The standard InChI is InChI=1S/C21H20ClN3O3S/c1-24(15-18-9-3-4-12-23-18)21(26)16-7-5-11-20(13-16)29(27,28)25(2)19-10-6-8-17(22)14-19/h3-14H,15H2,1-2H3. The fourth-order valence-electron chi connectivity index (χ4n) is 2.79. The number of benzene rings is 2.